The maximum absolute atomic E-state index is 12.6. The molecule has 0 saturated heterocycles. The summed E-state index contributed by atoms with van der Waals surface area (Å²) in [4.78, 5) is 17.7. The summed E-state index contributed by atoms with van der Waals surface area (Å²) in [6.07, 6.45) is -4.39. The third kappa shape index (κ3) is 4.95. The number of hydrogen-bond acceptors (Lipinski definition) is 3. The van der Waals surface area contributed by atoms with Crippen molar-refractivity contribution in [3.8, 4) is 0 Å². The zero-order chi connectivity index (χ0) is 17.0. The molecule has 2 amide bonds. The van der Waals surface area contributed by atoms with Gasteiger partial charge in [0.2, 0.25) is 0 Å². The quantitative estimate of drug-likeness (QED) is 0.917. The van der Waals surface area contributed by atoms with E-state index in [1.807, 2.05) is 12.3 Å². The van der Waals surface area contributed by atoms with Gasteiger partial charge in [0.25, 0.3) is 0 Å². The first-order chi connectivity index (χ1) is 10.8. The molecule has 23 heavy (non-hydrogen) atoms. The summed E-state index contributed by atoms with van der Waals surface area (Å²) in [6, 6.07) is 4.53. The first kappa shape index (κ1) is 17.3. The number of hydrogen-bond donors (Lipinski definition) is 1. The zero-order valence-electron chi connectivity index (χ0n) is 12.6. The predicted octanol–water partition coefficient (Wildman–Crippen LogP) is 3.81. The van der Waals surface area contributed by atoms with E-state index in [-0.39, 0.29) is 12.6 Å². The third-order valence-corrected chi connectivity index (χ3v) is 3.93. The number of amides is 2. The zero-order valence-corrected chi connectivity index (χ0v) is 13.5. The molecule has 0 aliphatic heterocycles. The number of carbonyl (C=O) groups is 1. The molecule has 0 unspecified atom stereocenters. The standard InChI is InChI=1S/C15H16F3N3OS/c1-10-20-13(9-23-10)8-21(2)14(22)19-7-11-4-3-5-12(6-11)15(16,17)18/h3-6,9H,7-8H2,1-2H3,(H,19,22). The van der Waals surface area contributed by atoms with Crippen molar-refractivity contribution in [1.29, 1.82) is 0 Å². The lowest BCUT2D eigenvalue weighted by atomic mass is 10.1. The van der Waals surface area contributed by atoms with Crippen molar-refractivity contribution in [1.82, 2.24) is 15.2 Å². The number of aryl methyl sites for hydroxylation is 1. The SMILES string of the molecule is Cc1nc(CN(C)C(=O)NCc2cccc(C(F)(F)F)c2)cs1. The second kappa shape index (κ2) is 6.99. The van der Waals surface area contributed by atoms with Gasteiger partial charge in [-0.1, -0.05) is 12.1 Å². The largest absolute Gasteiger partial charge is 0.416 e. The second-order valence-corrected chi connectivity index (χ2v) is 6.13. The van der Waals surface area contributed by atoms with E-state index in [1.165, 1.54) is 22.3 Å². The molecule has 4 nitrogen and oxygen atoms in total. The maximum Gasteiger partial charge on any atom is 0.416 e. The average Bonchev–Trinajstić information content (AvgIpc) is 2.89. The molecule has 1 aromatic carbocycles. The molecular formula is C15H16F3N3OS. The maximum atomic E-state index is 12.6. The molecular weight excluding hydrogens is 327 g/mol. The molecule has 0 aliphatic rings. The lowest BCUT2D eigenvalue weighted by Crippen LogP contribution is -2.36. The summed E-state index contributed by atoms with van der Waals surface area (Å²) in [5.74, 6) is 0. The molecule has 8 heteroatoms. The van der Waals surface area contributed by atoms with E-state index in [4.69, 9.17) is 0 Å². The van der Waals surface area contributed by atoms with Gasteiger partial charge in [-0.2, -0.15) is 13.2 Å². The van der Waals surface area contributed by atoms with Gasteiger partial charge in [0.15, 0.2) is 0 Å². The number of halogens is 3. The summed E-state index contributed by atoms with van der Waals surface area (Å²) < 4.78 is 37.9. The van der Waals surface area contributed by atoms with Crippen molar-refractivity contribution in [2.75, 3.05) is 7.05 Å². The Hall–Kier alpha value is -2.09. The Morgan fingerprint density at radius 2 is 2.13 bits per heavy atom. The van der Waals surface area contributed by atoms with Crippen LogP contribution in [0, 0.1) is 6.92 Å². The van der Waals surface area contributed by atoms with E-state index >= 15 is 0 Å². The molecule has 1 N–H and O–H groups in total. The van der Waals surface area contributed by atoms with E-state index in [0.717, 1.165) is 22.8 Å². The number of nitrogens with one attached hydrogen (secondary N) is 1. The summed E-state index contributed by atoms with van der Waals surface area (Å²) in [5.41, 5.74) is 0.450. The van der Waals surface area contributed by atoms with Gasteiger partial charge in [0, 0.05) is 19.0 Å². The highest BCUT2D eigenvalue weighted by Gasteiger charge is 2.30. The number of carbonyl (C=O) groups excluding carboxylic acids is 1. The van der Waals surface area contributed by atoms with Gasteiger partial charge in [0.1, 0.15) is 0 Å². The lowest BCUT2D eigenvalue weighted by molar-refractivity contribution is -0.137. The smallest absolute Gasteiger partial charge is 0.334 e. The Morgan fingerprint density at radius 3 is 2.74 bits per heavy atom. The molecule has 2 rings (SSSR count). The predicted molar refractivity (Wildman–Crippen MR) is 82.0 cm³/mol. The molecule has 0 saturated carbocycles. The summed E-state index contributed by atoms with van der Waals surface area (Å²) in [5, 5.41) is 5.38. The Kier molecular flexibility index (Phi) is 5.25. The van der Waals surface area contributed by atoms with Crippen LogP contribution in [0.3, 0.4) is 0 Å². The molecule has 2 aromatic rings. The molecule has 0 atom stereocenters. The molecule has 0 bridgehead atoms. The van der Waals surface area contributed by atoms with E-state index in [1.54, 1.807) is 13.1 Å². The van der Waals surface area contributed by atoms with Gasteiger partial charge in [-0.25, -0.2) is 9.78 Å². The van der Waals surface area contributed by atoms with Gasteiger partial charge in [-0.05, 0) is 24.6 Å². The highest BCUT2D eigenvalue weighted by atomic mass is 32.1. The van der Waals surface area contributed by atoms with Crippen molar-refractivity contribution in [2.24, 2.45) is 0 Å². The van der Waals surface area contributed by atoms with Crippen LogP contribution in [0.2, 0.25) is 0 Å². The van der Waals surface area contributed by atoms with Gasteiger partial charge in [0.05, 0.1) is 22.8 Å². The highest BCUT2D eigenvalue weighted by molar-refractivity contribution is 7.09. The molecule has 1 aromatic heterocycles. The minimum atomic E-state index is -4.39. The third-order valence-electron chi connectivity index (χ3n) is 3.11. The summed E-state index contributed by atoms with van der Waals surface area (Å²) >= 11 is 1.50. The number of aromatic nitrogens is 1. The van der Waals surface area contributed by atoms with E-state index in [0.29, 0.717) is 12.1 Å². The Morgan fingerprint density at radius 1 is 1.39 bits per heavy atom. The van der Waals surface area contributed by atoms with E-state index in [9.17, 15) is 18.0 Å². The topological polar surface area (TPSA) is 45.2 Å². The summed E-state index contributed by atoms with van der Waals surface area (Å²) in [7, 11) is 1.61. The fourth-order valence-corrected chi connectivity index (χ4v) is 2.57. The van der Waals surface area contributed by atoms with E-state index in [2.05, 4.69) is 10.3 Å². The highest BCUT2D eigenvalue weighted by Crippen LogP contribution is 2.29. The van der Waals surface area contributed by atoms with Crippen molar-refractivity contribution >= 4 is 17.4 Å². The van der Waals surface area contributed by atoms with Crippen LogP contribution in [-0.2, 0) is 19.3 Å². The van der Waals surface area contributed by atoms with Crippen LogP contribution in [0.25, 0.3) is 0 Å². The monoisotopic (exact) mass is 343 g/mol. The number of rotatable bonds is 4. The second-order valence-electron chi connectivity index (χ2n) is 5.07. The molecule has 0 radical (unpaired) electrons. The van der Waals surface area contributed by atoms with Crippen LogP contribution < -0.4 is 5.32 Å². The number of urea groups is 1. The van der Waals surface area contributed by atoms with Crippen LogP contribution in [0.15, 0.2) is 29.6 Å². The van der Waals surface area contributed by atoms with Crippen LogP contribution in [0.5, 0.6) is 0 Å². The Labute approximate surface area is 136 Å². The fourth-order valence-electron chi connectivity index (χ4n) is 1.97. The van der Waals surface area contributed by atoms with Gasteiger partial charge in [-0.15, -0.1) is 11.3 Å². The number of thiazole rings is 1. The first-order valence-corrected chi connectivity index (χ1v) is 7.70. The number of nitrogens with zero attached hydrogens (tertiary/aromatic N) is 2. The molecule has 0 spiro atoms. The molecule has 1 heterocycles. The van der Waals surface area contributed by atoms with Crippen molar-refractivity contribution in [3.05, 3.63) is 51.5 Å². The van der Waals surface area contributed by atoms with E-state index < -0.39 is 11.7 Å². The normalized spacial score (nSPS) is 11.3. The minimum Gasteiger partial charge on any atom is -0.334 e. The van der Waals surface area contributed by atoms with Gasteiger partial charge < -0.3 is 10.2 Å². The number of alkyl halides is 3. The molecule has 124 valence electrons. The lowest BCUT2D eigenvalue weighted by Gasteiger charge is -2.17. The van der Waals surface area contributed by atoms with Crippen LogP contribution in [-0.4, -0.2) is 23.0 Å². The summed E-state index contributed by atoms with van der Waals surface area (Å²) in [6.45, 7) is 2.25. The molecule has 0 fully saturated rings. The van der Waals surface area contributed by atoms with Crippen LogP contribution in [0.1, 0.15) is 21.8 Å². The fraction of sp³-hybridized carbons (Fsp3) is 0.333. The molecule has 0 aliphatic carbocycles. The van der Waals surface area contributed by atoms with Gasteiger partial charge >= 0.3 is 12.2 Å². The van der Waals surface area contributed by atoms with Crippen molar-refractivity contribution in [2.45, 2.75) is 26.2 Å². The Bertz CT molecular complexity index is 685. The Balaban J connectivity index is 1.91. The minimum absolute atomic E-state index is 0.0309. The number of benzene rings is 1. The van der Waals surface area contributed by atoms with Crippen LogP contribution in [0.4, 0.5) is 18.0 Å². The van der Waals surface area contributed by atoms with Gasteiger partial charge in [-0.3, -0.25) is 0 Å². The first-order valence-electron chi connectivity index (χ1n) is 6.82. The average molecular weight is 343 g/mol. The van der Waals surface area contributed by atoms with Crippen molar-refractivity contribution in [3.63, 3.8) is 0 Å². The van der Waals surface area contributed by atoms with Crippen molar-refractivity contribution < 1.29 is 18.0 Å². The van der Waals surface area contributed by atoms with Crippen LogP contribution >= 0.6 is 11.3 Å².